The molecule has 4 rings (SSSR count). The van der Waals surface area contributed by atoms with Crippen LogP contribution in [-0.4, -0.2) is 10.8 Å². The summed E-state index contributed by atoms with van der Waals surface area (Å²) in [6.07, 6.45) is 7.12. The Balaban J connectivity index is 1.94. The average molecular weight is 474 g/mol. The molecule has 1 aromatic carbocycles. The van der Waals surface area contributed by atoms with Crippen molar-refractivity contribution in [3.05, 3.63) is 88.5 Å². The number of nitrogens with zero attached hydrogens (tertiary/aromatic N) is 3. The van der Waals surface area contributed by atoms with Gasteiger partial charge in [0.05, 0.1) is 17.5 Å². The fraction of sp³-hybridized carbons (Fsp3) is 0.286. The van der Waals surface area contributed by atoms with Gasteiger partial charge in [-0.3, -0.25) is 9.78 Å². The summed E-state index contributed by atoms with van der Waals surface area (Å²) in [6.45, 7) is 12.3. The largest absolute Gasteiger partial charge is 0.463 e. The number of pyridine rings is 1. The van der Waals surface area contributed by atoms with E-state index in [0.29, 0.717) is 22.2 Å². The van der Waals surface area contributed by atoms with Crippen molar-refractivity contribution in [1.82, 2.24) is 4.98 Å². The lowest BCUT2D eigenvalue weighted by Gasteiger charge is -2.31. The lowest BCUT2D eigenvalue weighted by molar-refractivity contribution is -0.114. The third-order valence-electron chi connectivity index (χ3n) is 5.67. The van der Waals surface area contributed by atoms with E-state index < -0.39 is 0 Å². The number of ketones is 1. The van der Waals surface area contributed by atoms with Gasteiger partial charge in [-0.05, 0) is 59.4 Å². The molecular formula is C28H28ClN3O2. The first-order valence-electron chi connectivity index (χ1n) is 11.2. The first-order valence-corrected chi connectivity index (χ1v) is 11.6. The van der Waals surface area contributed by atoms with Crippen LogP contribution in [0, 0.1) is 10.8 Å². The standard InChI is InChI=1S/C28H28ClN3O2/c1-27(2,3)20-14-17(15-21(26(20)33)28(4,5)6)25(24-8-7-13-34-24)32-31-22-11-12-30-23-16-18(29)9-10-19(22)23/h7-16H,1-6H3. The molecule has 0 fully saturated rings. The van der Waals surface area contributed by atoms with Crippen molar-refractivity contribution in [1.29, 1.82) is 0 Å². The Bertz CT molecular complexity index is 1340. The van der Waals surface area contributed by atoms with Crippen LogP contribution in [0.15, 0.2) is 92.4 Å². The average Bonchev–Trinajstić information content (AvgIpc) is 3.27. The maximum Gasteiger partial charge on any atom is 0.186 e. The van der Waals surface area contributed by atoms with E-state index in [1.807, 2.05) is 71.9 Å². The molecule has 0 saturated carbocycles. The van der Waals surface area contributed by atoms with Crippen molar-refractivity contribution in [2.75, 3.05) is 0 Å². The molecule has 1 aliphatic carbocycles. The van der Waals surface area contributed by atoms with Gasteiger partial charge in [-0.15, -0.1) is 10.2 Å². The Morgan fingerprint density at radius 1 is 0.971 bits per heavy atom. The molecule has 0 aliphatic heterocycles. The third kappa shape index (κ3) is 4.80. The number of azo groups is 1. The molecule has 0 amide bonds. The highest BCUT2D eigenvalue weighted by Gasteiger charge is 2.35. The summed E-state index contributed by atoms with van der Waals surface area (Å²) in [5.74, 6) is 0.639. The highest BCUT2D eigenvalue weighted by molar-refractivity contribution is 6.31. The van der Waals surface area contributed by atoms with Gasteiger partial charge in [0.15, 0.2) is 11.5 Å². The maximum absolute atomic E-state index is 13.4. The van der Waals surface area contributed by atoms with Crippen LogP contribution in [0.4, 0.5) is 5.69 Å². The van der Waals surface area contributed by atoms with Crippen LogP contribution in [0.2, 0.25) is 5.02 Å². The normalized spacial score (nSPS) is 15.1. The number of hydrogen-bond acceptors (Lipinski definition) is 5. The van der Waals surface area contributed by atoms with Gasteiger partial charge in [-0.2, -0.15) is 0 Å². The van der Waals surface area contributed by atoms with E-state index in [-0.39, 0.29) is 16.6 Å². The van der Waals surface area contributed by atoms with E-state index in [4.69, 9.17) is 16.0 Å². The molecule has 1 aliphatic rings. The van der Waals surface area contributed by atoms with Crippen molar-refractivity contribution in [2.24, 2.45) is 21.1 Å². The van der Waals surface area contributed by atoms with Crippen LogP contribution < -0.4 is 0 Å². The Morgan fingerprint density at radius 3 is 2.24 bits per heavy atom. The fourth-order valence-corrected chi connectivity index (χ4v) is 4.01. The number of halogens is 1. The van der Waals surface area contributed by atoms with Crippen molar-refractivity contribution in [3.8, 4) is 0 Å². The number of carbonyl (C=O) groups excluding carboxylic acids is 1. The minimum atomic E-state index is -0.334. The number of fused-ring (bicyclic) bond motifs is 1. The molecule has 34 heavy (non-hydrogen) atoms. The van der Waals surface area contributed by atoms with Crippen molar-refractivity contribution in [2.45, 2.75) is 41.5 Å². The van der Waals surface area contributed by atoms with E-state index in [1.165, 1.54) is 0 Å². The van der Waals surface area contributed by atoms with Crippen molar-refractivity contribution < 1.29 is 9.21 Å². The smallest absolute Gasteiger partial charge is 0.186 e. The second-order valence-electron chi connectivity index (χ2n) is 10.4. The lowest BCUT2D eigenvalue weighted by atomic mass is 9.71. The second kappa shape index (κ2) is 8.80. The summed E-state index contributed by atoms with van der Waals surface area (Å²) in [5, 5.41) is 10.7. The molecule has 0 spiro atoms. The zero-order valence-electron chi connectivity index (χ0n) is 20.3. The predicted molar refractivity (Wildman–Crippen MR) is 137 cm³/mol. The molecule has 2 heterocycles. The van der Waals surface area contributed by atoms with E-state index in [2.05, 4.69) is 15.2 Å². The lowest BCUT2D eigenvalue weighted by Crippen LogP contribution is -2.28. The van der Waals surface area contributed by atoms with Crippen LogP contribution in [0.1, 0.15) is 47.3 Å². The number of allylic oxidation sites excluding steroid dienone is 5. The summed E-state index contributed by atoms with van der Waals surface area (Å²) < 4.78 is 5.72. The number of carbonyl (C=O) groups is 1. The number of hydrogen-bond donors (Lipinski definition) is 0. The number of Topliss-reactive ketones (excluding diaryl/α,β-unsaturated/α-hetero) is 1. The quantitative estimate of drug-likeness (QED) is 0.358. The summed E-state index contributed by atoms with van der Waals surface area (Å²) in [5.41, 5.74) is 3.55. The summed E-state index contributed by atoms with van der Waals surface area (Å²) in [6, 6.07) is 10.9. The van der Waals surface area contributed by atoms with Gasteiger partial charge in [-0.1, -0.05) is 53.1 Å². The van der Waals surface area contributed by atoms with Gasteiger partial charge in [0.1, 0.15) is 5.70 Å². The molecular weight excluding hydrogens is 446 g/mol. The molecule has 0 atom stereocenters. The molecule has 0 bridgehead atoms. The zero-order chi connectivity index (χ0) is 24.7. The van der Waals surface area contributed by atoms with Crippen LogP contribution in [-0.2, 0) is 4.79 Å². The minimum absolute atomic E-state index is 0.0662. The molecule has 2 aromatic heterocycles. The highest BCUT2D eigenvalue weighted by Crippen LogP contribution is 2.41. The first-order chi connectivity index (χ1) is 15.9. The van der Waals surface area contributed by atoms with Gasteiger partial charge in [-0.25, -0.2) is 0 Å². The monoisotopic (exact) mass is 473 g/mol. The molecule has 0 N–H and O–H groups in total. The van der Waals surface area contributed by atoms with Gasteiger partial charge in [0.2, 0.25) is 0 Å². The van der Waals surface area contributed by atoms with Crippen molar-refractivity contribution in [3.63, 3.8) is 0 Å². The van der Waals surface area contributed by atoms with Gasteiger partial charge in [0, 0.05) is 33.3 Å². The van der Waals surface area contributed by atoms with Crippen molar-refractivity contribution >= 4 is 39.7 Å². The van der Waals surface area contributed by atoms with Crippen LogP contribution in [0.25, 0.3) is 16.6 Å². The van der Waals surface area contributed by atoms with E-state index in [0.717, 1.165) is 27.6 Å². The zero-order valence-corrected chi connectivity index (χ0v) is 21.1. The molecule has 0 radical (unpaired) electrons. The Morgan fingerprint density at radius 2 is 1.65 bits per heavy atom. The molecule has 0 saturated heterocycles. The number of furan rings is 1. The van der Waals surface area contributed by atoms with Crippen LogP contribution in [0.5, 0.6) is 0 Å². The predicted octanol–water partition coefficient (Wildman–Crippen LogP) is 8.50. The van der Waals surface area contributed by atoms with Gasteiger partial charge >= 0.3 is 0 Å². The number of aromatic nitrogens is 1. The highest BCUT2D eigenvalue weighted by atomic mass is 35.5. The third-order valence-corrected chi connectivity index (χ3v) is 5.91. The number of benzene rings is 1. The summed E-state index contributed by atoms with van der Waals surface area (Å²) in [7, 11) is 0. The Hall–Kier alpha value is -3.31. The maximum atomic E-state index is 13.4. The van der Waals surface area contributed by atoms with Crippen LogP contribution in [0.3, 0.4) is 0 Å². The topological polar surface area (TPSA) is 67.8 Å². The fourth-order valence-electron chi connectivity index (χ4n) is 3.84. The SMILES string of the molecule is CC(C)(C)C1=CC(=C(N=Nc2ccnc3cc(Cl)ccc23)c2ccco2)C=C(C(C)(C)C)C1=O. The summed E-state index contributed by atoms with van der Waals surface area (Å²) >= 11 is 6.13. The Kier molecular flexibility index (Phi) is 6.17. The van der Waals surface area contributed by atoms with E-state index in [9.17, 15) is 4.79 Å². The molecule has 0 unspecified atom stereocenters. The van der Waals surface area contributed by atoms with E-state index in [1.54, 1.807) is 30.7 Å². The molecule has 6 heteroatoms. The van der Waals surface area contributed by atoms with Crippen LogP contribution >= 0.6 is 11.6 Å². The summed E-state index contributed by atoms with van der Waals surface area (Å²) in [4.78, 5) is 17.8. The van der Waals surface area contributed by atoms with Gasteiger partial charge in [0.25, 0.3) is 0 Å². The second-order valence-corrected chi connectivity index (χ2v) is 10.9. The molecule has 174 valence electrons. The van der Waals surface area contributed by atoms with E-state index >= 15 is 0 Å². The minimum Gasteiger partial charge on any atom is -0.463 e. The first kappa shape index (κ1) is 23.8. The molecule has 5 nitrogen and oxygen atoms in total. The Labute approximate surface area is 204 Å². The number of rotatable bonds is 3. The molecule has 3 aromatic rings. The van der Waals surface area contributed by atoms with Gasteiger partial charge < -0.3 is 4.42 Å².